The van der Waals surface area contributed by atoms with Crippen LogP contribution in [0.2, 0.25) is 5.02 Å². The molecule has 0 unspecified atom stereocenters. The first kappa shape index (κ1) is 10.7. The minimum absolute atomic E-state index is 0.0115. The van der Waals surface area contributed by atoms with Crippen LogP contribution in [0.1, 0.15) is 16.3 Å². The van der Waals surface area contributed by atoms with Gasteiger partial charge in [0.15, 0.2) is 5.69 Å². The van der Waals surface area contributed by atoms with E-state index in [1.165, 1.54) is 6.20 Å². The summed E-state index contributed by atoms with van der Waals surface area (Å²) >= 11 is 6.02. The van der Waals surface area contributed by atoms with E-state index in [-0.39, 0.29) is 5.69 Å². The van der Waals surface area contributed by atoms with Gasteiger partial charge < -0.3 is 9.67 Å². The highest BCUT2D eigenvalue weighted by Gasteiger charge is 2.12. The Bertz CT molecular complexity index is 549. The number of carbonyl (C=O) groups is 1. The molecule has 5 heteroatoms. The fraction of sp³-hybridized carbons (Fsp3) is 0.0909. The standard InChI is InChI=1S/C11H9ClN2O2/c1-7-13-9(11(15)16)6-14(7)10-5-3-2-4-8(10)12/h2-6H,1H3,(H,15,16). The van der Waals surface area contributed by atoms with E-state index in [0.717, 1.165) is 5.69 Å². The zero-order chi connectivity index (χ0) is 11.7. The summed E-state index contributed by atoms with van der Waals surface area (Å²) in [6.07, 6.45) is 1.46. The molecule has 0 aliphatic carbocycles. The predicted molar refractivity (Wildman–Crippen MR) is 60.3 cm³/mol. The average molecular weight is 237 g/mol. The van der Waals surface area contributed by atoms with Crippen molar-refractivity contribution < 1.29 is 9.90 Å². The summed E-state index contributed by atoms with van der Waals surface area (Å²) in [6.45, 7) is 1.73. The highest BCUT2D eigenvalue weighted by molar-refractivity contribution is 6.32. The molecule has 4 nitrogen and oxygen atoms in total. The number of carboxylic acids is 1. The lowest BCUT2D eigenvalue weighted by Crippen LogP contribution is -1.96. The Hall–Kier alpha value is -1.81. The van der Waals surface area contributed by atoms with Crippen molar-refractivity contribution in [2.45, 2.75) is 6.92 Å². The van der Waals surface area contributed by atoms with Crippen LogP contribution in [-0.4, -0.2) is 20.6 Å². The highest BCUT2D eigenvalue weighted by atomic mass is 35.5. The SMILES string of the molecule is Cc1nc(C(=O)O)cn1-c1ccccc1Cl. The van der Waals surface area contributed by atoms with Gasteiger partial charge in [-0.25, -0.2) is 9.78 Å². The molecule has 1 aromatic heterocycles. The van der Waals surface area contributed by atoms with Gasteiger partial charge in [-0.05, 0) is 19.1 Å². The van der Waals surface area contributed by atoms with Gasteiger partial charge in [0.05, 0.1) is 10.7 Å². The van der Waals surface area contributed by atoms with Gasteiger partial charge in [-0.3, -0.25) is 0 Å². The van der Waals surface area contributed by atoms with Crippen LogP contribution < -0.4 is 0 Å². The van der Waals surface area contributed by atoms with Crippen LogP contribution in [0.5, 0.6) is 0 Å². The number of para-hydroxylation sites is 1. The lowest BCUT2D eigenvalue weighted by molar-refractivity contribution is 0.0691. The minimum atomic E-state index is -1.05. The fourth-order valence-corrected chi connectivity index (χ4v) is 1.69. The van der Waals surface area contributed by atoms with Crippen molar-refractivity contribution in [3.63, 3.8) is 0 Å². The smallest absolute Gasteiger partial charge is 0.356 e. The van der Waals surface area contributed by atoms with Gasteiger partial charge in [-0.15, -0.1) is 0 Å². The molecular weight excluding hydrogens is 228 g/mol. The molecule has 0 aliphatic heterocycles. The van der Waals surface area contributed by atoms with Gasteiger partial charge in [-0.2, -0.15) is 0 Å². The fourth-order valence-electron chi connectivity index (χ4n) is 1.47. The quantitative estimate of drug-likeness (QED) is 0.872. The molecule has 1 aromatic carbocycles. The Kier molecular flexibility index (Phi) is 2.66. The zero-order valence-corrected chi connectivity index (χ0v) is 9.27. The number of benzene rings is 1. The first-order valence-electron chi connectivity index (χ1n) is 4.64. The molecule has 0 aliphatic rings. The van der Waals surface area contributed by atoms with Crippen LogP contribution in [0.15, 0.2) is 30.5 Å². The number of nitrogens with zero attached hydrogens (tertiary/aromatic N) is 2. The van der Waals surface area contributed by atoms with Crippen molar-refractivity contribution in [3.05, 3.63) is 47.0 Å². The molecule has 0 bridgehead atoms. The van der Waals surface area contributed by atoms with E-state index in [1.54, 1.807) is 17.6 Å². The van der Waals surface area contributed by atoms with Gasteiger partial charge in [0.2, 0.25) is 0 Å². The van der Waals surface area contributed by atoms with E-state index in [1.807, 2.05) is 18.2 Å². The van der Waals surface area contributed by atoms with E-state index in [2.05, 4.69) is 4.98 Å². The number of halogens is 1. The van der Waals surface area contributed by atoms with Crippen molar-refractivity contribution in [2.75, 3.05) is 0 Å². The van der Waals surface area contributed by atoms with Crippen molar-refractivity contribution in [2.24, 2.45) is 0 Å². The van der Waals surface area contributed by atoms with Gasteiger partial charge >= 0.3 is 5.97 Å². The number of hydrogen-bond acceptors (Lipinski definition) is 2. The van der Waals surface area contributed by atoms with Crippen molar-refractivity contribution in [1.29, 1.82) is 0 Å². The molecule has 0 fully saturated rings. The molecule has 0 radical (unpaired) electrons. The van der Waals surface area contributed by atoms with Crippen molar-refractivity contribution >= 4 is 17.6 Å². The maximum Gasteiger partial charge on any atom is 0.356 e. The number of aromatic carboxylic acids is 1. The number of hydrogen-bond donors (Lipinski definition) is 1. The van der Waals surface area contributed by atoms with E-state index in [9.17, 15) is 4.79 Å². The van der Waals surface area contributed by atoms with Crippen LogP contribution in [-0.2, 0) is 0 Å². The molecule has 0 saturated carbocycles. The maximum absolute atomic E-state index is 10.8. The number of aromatic nitrogens is 2. The summed E-state index contributed by atoms with van der Waals surface area (Å²) in [6, 6.07) is 7.21. The molecule has 0 saturated heterocycles. The summed E-state index contributed by atoms with van der Waals surface area (Å²) in [4.78, 5) is 14.7. The number of aryl methyl sites for hydroxylation is 1. The first-order chi connectivity index (χ1) is 7.59. The maximum atomic E-state index is 10.8. The monoisotopic (exact) mass is 236 g/mol. The minimum Gasteiger partial charge on any atom is -0.476 e. The highest BCUT2D eigenvalue weighted by Crippen LogP contribution is 2.21. The van der Waals surface area contributed by atoms with Crippen LogP contribution in [0.3, 0.4) is 0 Å². The first-order valence-corrected chi connectivity index (χ1v) is 5.01. The largest absolute Gasteiger partial charge is 0.476 e. The molecule has 16 heavy (non-hydrogen) atoms. The van der Waals surface area contributed by atoms with Crippen LogP contribution >= 0.6 is 11.6 Å². The van der Waals surface area contributed by atoms with Crippen LogP contribution in [0, 0.1) is 6.92 Å². The Balaban J connectivity index is 2.57. The lowest BCUT2D eigenvalue weighted by Gasteiger charge is -2.05. The molecule has 1 heterocycles. The number of imidazole rings is 1. The van der Waals surface area contributed by atoms with Gasteiger partial charge in [0.1, 0.15) is 5.82 Å². The summed E-state index contributed by atoms with van der Waals surface area (Å²) in [5, 5.41) is 9.39. The Labute approximate surface area is 97.1 Å². The average Bonchev–Trinajstić information content (AvgIpc) is 2.61. The zero-order valence-electron chi connectivity index (χ0n) is 8.51. The molecule has 2 rings (SSSR count). The second-order valence-electron chi connectivity index (χ2n) is 3.30. The van der Waals surface area contributed by atoms with E-state index in [0.29, 0.717) is 10.8 Å². The second-order valence-corrected chi connectivity index (χ2v) is 3.71. The Morgan fingerprint density at radius 2 is 2.12 bits per heavy atom. The number of rotatable bonds is 2. The molecule has 0 atom stereocenters. The van der Waals surface area contributed by atoms with Crippen molar-refractivity contribution in [1.82, 2.24) is 9.55 Å². The molecular formula is C11H9ClN2O2. The third-order valence-corrected chi connectivity index (χ3v) is 2.53. The van der Waals surface area contributed by atoms with Gasteiger partial charge in [0.25, 0.3) is 0 Å². The second kappa shape index (κ2) is 3.98. The summed E-state index contributed by atoms with van der Waals surface area (Å²) < 4.78 is 1.66. The summed E-state index contributed by atoms with van der Waals surface area (Å²) in [7, 11) is 0. The third kappa shape index (κ3) is 1.79. The van der Waals surface area contributed by atoms with Crippen molar-refractivity contribution in [3.8, 4) is 5.69 Å². The summed E-state index contributed by atoms with van der Waals surface area (Å²) in [5.74, 6) is -0.459. The Morgan fingerprint density at radius 3 is 2.69 bits per heavy atom. The predicted octanol–water partition coefficient (Wildman–Crippen LogP) is 2.53. The third-order valence-electron chi connectivity index (χ3n) is 2.21. The van der Waals surface area contributed by atoms with Gasteiger partial charge in [-0.1, -0.05) is 23.7 Å². The number of carboxylic acid groups (broad SMARTS) is 1. The topological polar surface area (TPSA) is 55.1 Å². The van der Waals surface area contributed by atoms with E-state index < -0.39 is 5.97 Å². The molecule has 0 spiro atoms. The van der Waals surface area contributed by atoms with E-state index >= 15 is 0 Å². The van der Waals surface area contributed by atoms with Gasteiger partial charge in [0, 0.05) is 6.20 Å². The van der Waals surface area contributed by atoms with E-state index in [4.69, 9.17) is 16.7 Å². The lowest BCUT2D eigenvalue weighted by atomic mass is 10.3. The van der Waals surface area contributed by atoms with Crippen LogP contribution in [0.4, 0.5) is 0 Å². The molecule has 2 aromatic rings. The van der Waals surface area contributed by atoms with Crippen LogP contribution in [0.25, 0.3) is 5.69 Å². The molecule has 1 N–H and O–H groups in total. The summed E-state index contributed by atoms with van der Waals surface area (Å²) in [5.41, 5.74) is 0.735. The molecule has 0 amide bonds. The molecule has 82 valence electrons. The normalized spacial score (nSPS) is 10.4. The Morgan fingerprint density at radius 1 is 1.44 bits per heavy atom.